The van der Waals surface area contributed by atoms with Crippen LogP contribution >= 0.6 is 11.3 Å². The Morgan fingerprint density at radius 1 is 1.33 bits per heavy atom. The lowest BCUT2D eigenvalue weighted by Crippen LogP contribution is -2.52. The van der Waals surface area contributed by atoms with Crippen LogP contribution in [0.1, 0.15) is 29.7 Å². The van der Waals surface area contributed by atoms with Gasteiger partial charge in [-0.2, -0.15) is 11.3 Å². The number of nitrogens with zero attached hydrogens (tertiary/aromatic N) is 3. The standard InChI is InChI=1S/C18H24N4OS/c1-14-9-16(11-19-10-14)12-20-18(23)22-6-4-21(5-7-22)15(2)17-3-8-24-13-17/h3,8-11,13,15H,4-7,12H2,1-2H3,(H,20,23)/t15-/m1/s1. The summed E-state index contributed by atoms with van der Waals surface area (Å²) in [5.74, 6) is 0. The fourth-order valence-electron chi connectivity index (χ4n) is 3.04. The average Bonchev–Trinajstić information content (AvgIpc) is 3.14. The summed E-state index contributed by atoms with van der Waals surface area (Å²) >= 11 is 1.74. The van der Waals surface area contributed by atoms with Crippen LogP contribution in [0.15, 0.2) is 35.3 Å². The summed E-state index contributed by atoms with van der Waals surface area (Å²) in [5, 5.41) is 7.33. The molecule has 3 rings (SSSR count). The molecule has 0 unspecified atom stereocenters. The summed E-state index contributed by atoms with van der Waals surface area (Å²) in [7, 11) is 0. The van der Waals surface area contributed by atoms with Crippen molar-refractivity contribution in [3.8, 4) is 0 Å². The predicted octanol–water partition coefficient (Wildman–Crippen LogP) is 3.04. The number of pyridine rings is 1. The van der Waals surface area contributed by atoms with E-state index in [1.165, 1.54) is 5.56 Å². The van der Waals surface area contributed by atoms with E-state index in [2.05, 4.69) is 39.0 Å². The third-order valence-corrected chi connectivity index (χ3v) is 5.25. The van der Waals surface area contributed by atoms with Crippen LogP contribution in [0.5, 0.6) is 0 Å². The van der Waals surface area contributed by atoms with Crippen molar-refractivity contribution in [2.45, 2.75) is 26.4 Å². The van der Waals surface area contributed by atoms with Crippen molar-refractivity contribution in [3.63, 3.8) is 0 Å². The molecule has 24 heavy (non-hydrogen) atoms. The molecular formula is C18H24N4OS. The van der Waals surface area contributed by atoms with Crippen molar-refractivity contribution in [1.82, 2.24) is 20.1 Å². The van der Waals surface area contributed by atoms with E-state index >= 15 is 0 Å². The van der Waals surface area contributed by atoms with E-state index in [4.69, 9.17) is 0 Å². The predicted molar refractivity (Wildman–Crippen MR) is 97.1 cm³/mol. The third-order valence-electron chi connectivity index (χ3n) is 4.55. The van der Waals surface area contributed by atoms with Gasteiger partial charge in [-0.15, -0.1) is 0 Å². The topological polar surface area (TPSA) is 48.5 Å². The Bertz CT molecular complexity index is 665. The molecule has 1 N–H and O–H groups in total. The van der Waals surface area contributed by atoms with E-state index < -0.39 is 0 Å². The van der Waals surface area contributed by atoms with E-state index in [1.807, 2.05) is 24.1 Å². The van der Waals surface area contributed by atoms with Gasteiger partial charge in [0.2, 0.25) is 0 Å². The fraction of sp³-hybridized carbons (Fsp3) is 0.444. The number of nitrogens with one attached hydrogen (secondary N) is 1. The zero-order valence-corrected chi connectivity index (χ0v) is 15.1. The summed E-state index contributed by atoms with van der Waals surface area (Å²) in [6.07, 6.45) is 3.62. The summed E-state index contributed by atoms with van der Waals surface area (Å²) in [5.41, 5.74) is 3.51. The van der Waals surface area contributed by atoms with Gasteiger partial charge in [0.25, 0.3) is 0 Å². The first-order chi connectivity index (χ1) is 11.6. The van der Waals surface area contributed by atoms with E-state index in [1.54, 1.807) is 17.5 Å². The number of carbonyl (C=O) groups is 1. The quantitative estimate of drug-likeness (QED) is 0.927. The van der Waals surface area contributed by atoms with Gasteiger partial charge >= 0.3 is 6.03 Å². The van der Waals surface area contributed by atoms with Gasteiger partial charge in [0.15, 0.2) is 0 Å². The normalized spacial score (nSPS) is 16.8. The Hall–Kier alpha value is -1.92. The zero-order valence-electron chi connectivity index (χ0n) is 14.2. The minimum Gasteiger partial charge on any atom is -0.334 e. The molecule has 0 spiro atoms. The van der Waals surface area contributed by atoms with Crippen molar-refractivity contribution < 1.29 is 4.79 Å². The van der Waals surface area contributed by atoms with Crippen molar-refractivity contribution in [2.75, 3.05) is 26.2 Å². The zero-order chi connectivity index (χ0) is 16.9. The summed E-state index contributed by atoms with van der Waals surface area (Å²) in [4.78, 5) is 20.8. The van der Waals surface area contributed by atoms with Crippen molar-refractivity contribution >= 4 is 17.4 Å². The molecule has 1 aliphatic rings. The number of hydrogen-bond acceptors (Lipinski definition) is 4. The lowest BCUT2D eigenvalue weighted by Gasteiger charge is -2.37. The molecule has 1 fully saturated rings. The fourth-order valence-corrected chi connectivity index (χ4v) is 3.79. The average molecular weight is 344 g/mol. The molecule has 2 aromatic heterocycles. The van der Waals surface area contributed by atoms with Crippen LogP contribution in [0.25, 0.3) is 0 Å². The number of amides is 2. The Labute approximate surface area is 147 Å². The molecule has 1 aliphatic heterocycles. The van der Waals surface area contributed by atoms with Gasteiger partial charge in [0, 0.05) is 51.2 Å². The molecule has 128 valence electrons. The second kappa shape index (κ2) is 7.77. The number of aryl methyl sites for hydroxylation is 1. The highest BCUT2D eigenvalue weighted by Gasteiger charge is 2.24. The number of rotatable bonds is 4. The lowest BCUT2D eigenvalue weighted by molar-refractivity contribution is 0.114. The van der Waals surface area contributed by atoms with Gasteiger partial charge in [-0.3, -0.25) is 9.88 Å². The summed E-state index contributed by atoms with van der Waals surface area (Å²) in [6, 6.07) is 4.66. The van der Waals surface area contributed by atoms with Gasteiger partial charge in [-0.05, 0) is 47.4 Å². The molecular weight excluding hydrogens is 320 g/mol. The largest absolute Gasteiger partial charge is 0.334 e. The van der Waals surface area contributed by atoms with Crippen LogP contribution in [0.4, 0.5) is 4.79 Å². The Balaban J connectivity index is 1.46. The first-order valence-electron chi connectivity index (χ1n) is 8.33. The van der Waals surface area contributed by atoms with E-state index in [9.17, 15) is 4.79 Å². The number of hydrogen-bond donors (Lipinski definition) is 1. The number of carbonyl (C=O) groups excluding carboxylic acids is 1. The molecule has 5 nitrogen and oxygen atoms in total. The molecule has 2 aromatic rings. The number of urea groups is 1. The maximum absolute atomic E-state index is 12.3. The van der Waals surface area contributed by atoms with Gasteiger partial charge in [0.05, 0.1) is 0 Å². The smallest absolute Gasteiger partial charge is 0.317 e. The van der Waals surface area contributed by atoms with Crippen molar-refractivity contribution in [1.29, 1.82) is 0 Å². The van der Waals surface area contributed by atoms with Crippen LogP contribution in [-0.2, 0) is 6.54 Å². The third kappa shape index (κ3) is 4.13. The number of piperazine rings is 1. The number of thiophene rings is 1. The highest BCUT2D eigenvalue weighted by Crippen LogP contribution is 2.23. The van der Waals surface area contributed by atoms with Gasteiger partial charge in [-0.1, -0.05) is 6.07 Å². The summed E-state index contributed by atoms with van der Waals surface area (Å²) in [6.45, 7) is 8.14. The maximum Gasteiger partial charge on any atom is 0.317 e. The number of aromatic nitrogens is 1. The van der Waals surface area contributed by atoms with Crippen LogP contribution in [0.3, 0.4) is 0 Å². The molecule has 3 heterocycles. The monoisotopic (exact) mass is 344 g/mol. The van der Waals surface area contributed by atoms with Crippen molar-refractivity contribution in [3.05, 3.63) is 52.0 Å². The van der Waals surface area contributed by atoms with Gasteiger partial charge < -0.3 is 10.2 Å². The van der Waals surface area contributed by atoms with Crippen LogP contribution in [0, 0.1) is 6.92 Å². The Morgan fingerprint density at radius 3 is 2.79 bits per heavy atom. The van der Waals surface area contributed by atoms with E-state index in [0.29, 0.717) is 12.6 Å². The molecule has 2 amide bonds. The minimum absolute atomic E-state index is 0.0133. The molecule has 0 radical (unpaired) electrons. The first kappa shape index (κ1) is 16.9. The second-order valence-corrected chi connectivity index (χ2v) is 7.06. The van der Waals surface area contributed by atoms with Crippen molar-refractivity contribution in [2.24, 2.45) is 0 Å². The lowest BCUT2D eigenvalue weighted by atomic mass is 10.1. The molecule has 1 saturated heterocycles. The van der Waals surface area contributed by atoms with Gasteiger partial charge in [-0.25, -0.2) is 4.79 Å². The van der Waals surface area contributed by atoms with Crippen LogP contribution < -0.4 is 5.32 Å². The SMILES string of the molecule is Cc1cncc(CNC(=O)N2CCN([C@H](C)c3ccsc3)CC2)c1. The molecule has 0 bridgehead atoms. The molecule has 0 saturated carbocycles. The highest BCUT2D eigenvalue weighted by atomic mass is 32.1. The highest BCUT2D eigenvalue weighted by molar-refractivity contribution is 7.07. The molecule has 0 aliphatic carbocycles. The van der Waals surface area contributed by atoms with Crippen LogP contribution in [0.2, 0.25) is 0 Å². The minimum atomic E-state index is 0.0133. The second-order valence-electron chi connectivity index (χ2n) is 6.28. The molecule has 1 atom stereocenters. The first-order valence-corrected chi connectivity index (χ1v) is 9.27. The maximum atomic E-state index is 12.3. The Morgan fingerprint density at radius 2 is 2.12 bits per heavy atom. The van der Waals surface area contributed by atoms with Gasteiger partial charge in [0.1, 0.15) is 0 Å². The molecule has 6 heteroatoms. The van der Waals surface area contributed by atoms with E-state index in [-0.39, 0.29) is 6.03 Å². The van der Waals surface area contributed by atoms with Crippen LogP contribution in [-0.4, -0.2) is 47.0 Å². The summed E-state index contributed by atoms with van der Waals surface area (Å²) < 4.78 is 0. The Kier molecular flexibility index (Phi) is 5.48. The molecule has 0 aromatic carbocycles. The van der Waals surface area contributed by atoms with E-state index in [0.717, 1.165) is 37.3 Å².